The maximum Gasteiger partial charge on any atom is 0.167 e. The van der Waals surface area contributed by atoms with Crippen molar-refractivity contribution in [2.75, 3.05) is 21.3 Å². The van der Waals surface area contributed by atoms with Crippen LogP contribution in [-0.4, -0.2) is 21.3 Å². The summed E-state index contributed by atoms with van der Waals surface area (Å²) in [5.74, 6) is 3.30. The molecule has 0 amide bonds. The number of benzene rings is 1. The number of allylic oxidation sites excluding steroid dienone is 1. The molecule has 0 saturated heterocycles. The number of rotatable bonds is 4. The van der Waals surface area contributed by atoms with Gasteiger partial charge in [0.15, 0.2) is 11.5 Å². The van der Waals surface area contributed by atoms with E-state index in [4.69, 9.17) is 14.2 Å². The molecule has 1 aromatic rings. The fourth-order valence-electron chi connectivity index (χ4n) is 3.59. The second kappa shape index (κ2) is 6.00. The predicted molar refractivity (Wildman–Crippen MR) is 86.0 cm³/mol. The monoisotopic (exact) mass is 290 g/mol. The van der Waals surface area contributed by atoms with Crippen molar-refractivity contribution in [2.45, 2.75) is 45.4 Å². The number of methoxy groups -OCH3 is 3. The Labute approximate surface area is 127 Å². The summed E-state index contributed by atoms with van der Waals surface area (Å²) >= 11 is 0. The van der Waals surface area contributed by atoms with E-state index in [-0.39, 0.29) is 0 Å². The Hall–Kier alpha value is -1.64. The summed E-state index contributed by atoms with van der Waals surface area (Å²) in [4.78, 5) is 0. The van der Waals surface area contributed by atoms with E-state index in [0.29, 0.717) is 11.8 Å². The van der Waals surface area contributed by atoms with Crippen LogP contribution in [0.3, 0.4) is 0 Å². The van der Waals surface area contributed by atoms with E-state index in [1.165, 1.54) is 16.7 Å². The number of fused-ring (bicyclic) bond motifs is 1. The fraction of sp³-hybridized carbons (Fsp3) is 0.556. The molecular weight excluding hydrogens is 264 g/mol. The Kier molecular flexibility index (Phi) is 4.50. The van der Waals surface area contributed by atoms with Gasteiger partial charge in [0.1, 0.15) is 5.75 Å². The molecule has 2 atom stereocenters. The molecule has 0 saturated carbocycles. The van der Waals surface area contributed by atoms with Crippen molar-refractivity contribution >= 4 is 0 Å². The molecule has 3 heteroatoms. The highest BCUT2D eigenvalue weighted by atomic mass is 16.5. The lowest BCUT2D eigenvalue weighted by Gasteiger charge is -2.34. The summed E-state index contributed by atoms with van der Waals surface area (Å²) in [6.07, 6.45) is 2.23. The smallest absolute Gasteiger partial charge is 0.167 e. The summed E-state index contributed by atoms with van der Waals surface area (Å²) < 4.78 is 17.0. The summed E-state index contributed by atoms with van der Waals surface area (Å²) in [6, 6.07) is 0. The second-order valence-corrected chi connectivity index (χ2v) is 5.93. The van der Waals surface area contributed by atoms with Crippen LogP contribution in [0.15, 0.2) is 12.2 Å². The molecule has 0 spiro atoms. The zero-order chi connectivity index (χ0) is 15.7. The molecule has 0 radical (unpaired) electrons. The molecule has 1 aromatic carbocycles. The van der Waals surface area contributed by atoms with Crippen LogP contribution >= 0.6 is 0 Å². The minimum Gasteiger partial charge on any atom is -0.496 e. The van der Waals surface area contributed by atoms with Crippen molar-refractivity contribution in [2.24, 2.45) is 0 Å². The Morgan fingerprint density at radius 3 is 2.00 bits per heavy atom. The molecule has 116 valence electrons. The highest BCUT2D eigenvalue weighted by molar-refractivity contribution is 5.66. The van der Waals surface area contributed by atoms with E-state index in [0.717, 1.165) is 35.7 Å². The van der Waals surface area contributed by atoms with Gasteiger partial charge >= 0.3 is 0 Å². The van der Waals surface area contributed by atoms with Crippen molar-refractivity contribution in [1.82, 2.24) is 0 Å². The van der Waals surface area contributed by atoms with Crippen LogP contribution in [0.2, 0.25) is 0 Å². The van der Waals surface area contributed by atoms with Gasteiger partial charge in [-0.25, -0.2) is 0 Å². The van der Waals surface area contributed by atoms with Gasteiger partial charge in [0.2, 0.25) is 0 Å². The lowest BCUT2D eigenvalue weighted by molar-refractivity contribution is 0.332. The molecule has 0 heterocycles. The highest BCUT2D eigenvalue weighted by Crippen LogP contribution is 2.54. The molecule has 0 N–H and O–H groups in total. The van der Waals surface area contributed by atoms with Crippen LogP contribution in [0.1, 0.15) is 55.2 Å². The van der Waals surface area contributed by atoms with Gasteiger partial charge < -0.3 is 14.2 Å². The van der Waals surface area contributed by atoms with Crippen LogP contribution in [0.25, 0.3) is 0 Å². The molecular formula is C18H26O3. The maximum absolute atomic E-state index is 5.74. The summed E-state index contributed by atoms with van der Waals surface area (Å²) in [6.45, 7) is 10.5. The molecule has 0 bridgehead atoms. The first-order chi connectivity index (χ1) is 9.97. The topological polar surface area (TPSA) is 27.7 Å². The summed E-state index contributed by atoms with van der Waals surface area (Å²) in [5, 5.41) is 0. The normalized spacial score (nSPS) is 20.7. The molecule has 3 nitrogen and oxygen atoms in total. The number of ether oxygens (including phenoxy) is 3. The van der Waals surface area contributed by atoms with Gasteiger partial charge in [0, 0.05) is 22.6 Å². The van der Waals surface area contributed by atoms with Gasteiger partial charge in [0.25, 0.3) is 0 Å². The third-order valence-corrected chi connectivity index (χ3v) is 4.60. The second-order valence-electron chi connectivity index (χ2n) is 5.93. The van der Waals surface area contributed by atoms with Gasteiger partial charge in [-0.15, -0.1) is 0 Å². The summed E-state index contributed by atoms with van der Waals surface area (Å²) in [7, 11) is 5.12. The van der Waals surface area contributed by atoms with E-state index in [1.807, 2.05) is 6.92 Å². The minimum atomic E-state index is 0.324. The molecule has 2 rings (SSSR count). The maximum atomic E-state index is 5.74. The van der Waals surface area contributed by atoms with Gasteiger partial charge in [-0.3, -0.25) is 0 Å². The molecule has 1 aliphatic carbocycles. The van der Waals surface area contributed by atoms with Crippen molar-refractivity contribution in [3.05, 3.63) is 28.8 Å². The Morgan fingerprint density at radius 1 is 0.952 bits per heavy atom. The highest BCUT2D eigenvalue weighted by Gasteiger charge is 2.34. The Balaban J connectivity index is 2.86. The lowest BCUT2D eigenvalue weighted by Crippen LogP contribution is -2.17. The number of hydrogen-bond donors (Lipinski definition) is 0. The first kappa shape index (κ1) is 15.7. The zero-order valence-corrected chi connectivity index (χ0v) is 14.0. The minimum absolute atomic E-state index is 0.324. The predicted octanol–water partition coefficient (Wildman–Crippen LogP) is 4.58. The van der Waals surface area contributed by atoms with Crippen LogP contribution in [0.4, 0.5) is 0 Å². The standard InChI is InChI=1S/C18H26O3/c1-10(2)13-9-8-11(3)14-15(13)16(19-5)12(4)17(20-6)18(14)21-7/h11,13H,1,8-9H2,2-7H3/t11-,13-/m0/s1. The average molecular weight is 290 g/mol. The van der Waals surface area contributed by atoms with Gasteiger partial charge in [0.05, 0.1) is 21.3 Å². The Morgan fingerprint density at radius 2 is 1.52 bits per heavy atom. The van der Waals surface area contributed by atoms with Crippen molar-refractivity contribution in [1.29, 1.82) is 0 Å². The molecule has 21 heavy (non-hydrogen) atoms. The Bertz CT molecular complexity index is 560. The molecule has 1 aliphatic rings. The van der Waals surface area contributed by atoms with Crippen LogP contribution in [0.5, 0.6) is 17.2 Å². The molecule has 0 aliphatic heterocycles. The van der Waals surface area contributed by atoms with Gasteiger partial charge in [-0.2, -0.15) is 0 Å². The van der Waals surface area contributed by atoms with Gasteiger partial charge in [-0.1, -0.05) is 19.1 Å². The van der Waals surface area contributed by atoms with Crippen LogP contribution < -0.4 is 14.2 Å². The van der Waals surface area contributed by atoms with E-state index in [2.05, 4.69) is 20.4 Å². The largest absolute Gasteiger partial charge is 0.496 e. The summed E-state index contributed by atoms with van der Waals surface area (Å²) in [5.41, 5.74) is 4.62. The lowest BCUT2D eigenvalue weighted by atomic mass is 9.73. The number of hydrogen-bond acceptors (Lipinski definition) is 3. The van der Waals surface area contributed by atoms with Crippen molar-refractivity contribution in [3.63, 3.8) is 0 Å². The first-order valence-corrected chi connectivity index (χ1v) is 7.45. The van der Waals surface area contributed by atoms with E-state index >= 15 is 0 Å². The van der Waals surface area contributed by atoms with E-state index in [9.17, 15) is 0 Å². The molecule has 0 fully saturated rings. The average Bonchev–Trinajstić information content (AvgIpc) is 2.46. The quantitative estimate of drug-likeness (QED) is 0.760. The van der Waals surface area contributed by atoms with Crippen LogP contribution in [0, 0.1) is 6.92 Å². The molecule has 0 aromatic heterocycles. The third-order valence-electron chi connectivity index (χ3n) is 4.60. The van der Waals surface area contributed by atoms with Crippen molar-refractivity contribution < 1.29 is 14.2 Å². The fourth-order valence-corrected chi connectivity index (χ4v) is 3.59. The van der Waals surface area contributed by atoms with Gasteiger partial charge in [-0.05, 0) is 32.6 Å². The van der Waals surface area contributed by atoms with Crippen molar-refractivity contribution in [3.8, 4) is 17.2 Å². The van der Waals surface area contributed by atoms with E-state index in [1.54, 1.807) is 21.3 Å². The zero-order valence-electron chi connectivity index (χ0n) is 14.0. The van der Waals surface area contributed by atoms with Crippen LogP contribution in [-0.2, 0) is 0 Å². The SMILES string of the molecule is C=C(C)[C@@H]1CC[C@H](C)c2c(OC)c(OC)c(C)c(OC)c21. The third kappa shape index (κ3) is 2.39. The first-order valence-electron chi connectivity index (χ1n) is 7.45. The molecule has 0 unspecified atom stereocenters. The van der Waals surface area contributed by atoms with E-state index < -0.39 is 0 Å².